The van der Waals surface area contributed by atoms with Crippen molar-refractivity contribution in [3.8, 4) is 11.3 Å². The Hall–Kier alpha value is -2.40. The number of imidazole rings is 1. The summed E-state index contributed by atoms with van der Waals surface area (Å²) in [7, 11) is 0. The van der Waals surface area contributed by atoms with Crippen LogP contribution in [-0.4, -0.2) is 32.5 Å². The van der Waals surface area contributed by atoms with Crippen LogP contribution >= 0.6 is 0 Å². The van der Waals surface area contributed by atoms with Crippen molar-refractivity contribution >= 4 is 0 Å². The van der Waals surface area contributed by atoms with Crippen molar-refractivity contribution in [2.75, 3.05) is 13.2 Å². The van der Waals surface area contributed by atoms with E-state index in [9.17, 15) is 0 Å². The summed E-state index contributed by atoms with van der Waals surface area (Å²) in [5, 5.41) is 4.72. The fourth-order valence-corrected chi connectivity index (χ4v) is 4.63. The predicted octanol–water partition coefficient (Wildman–Crippen LogP) is 4.44. The van der Waals surface area contributed by atoms with Crippen LogP contribution in [0.15, 0.2) is 36.8 Å². The summed E-state index contributed by atoms with van der Waals surface area (Å²) >= 11 is 0. The molecule has 4 rings (SSSR count). The highest BCUT2D eigenvalue weighted by atomic mass is 16.5. The molecule has 3 aromatic rings. The number of hydrogen-bond donors (Lipinski definition) is 0. The van der Waals surface area contributed by atoms with Crippen molar-refractivity contribution in [1.82, 2.24) is 19.3 Å². The molecule has 1 aliphatic heterocycles. The zero-order valence-corrected chi connectivity index (χ0v) is 17.4. The van der Waals surface area contributed by atoms with Gasteiger partial charge < -0.3 is 9.30 Å². The molecule has 148 valence electrons. The average Bonchev–Trinajstić information content (AvgIpc) is 3.25. The lowest BCUT2D eigenvalue weighted by molar-refractivity contribution is 0.0436. The van der Waals surface area contributed by atoms with E-state index in [1.165, 1.54) is 22.4 Å². The molecule has 1 aromatic carbocycles. The third kappa shape index (κ3) is 3.28. The summed E-state index contributed by atoms with van der Waals surface area (Å²) < 4.78 is 10.1. The maximum Gasteiger partial charge on any atom is 0.0951 e. The van der Waals surface area contributed by atoms with Crippen LogP contribution < -0.4 is 0 Å². The molecule has 0 radical (unpaired) electrons. The van der Waals surface area contributed by atoms with Crippen molar-refractivity contribution in [2.24, 2.45) is 0 Å². The Labute approximate surface area is 167 Å². The molecule has 0 saturated carbocycles. The van der Waals surface area contributed by atoms with Gasteiger partial charge in [0.2, 0.25) is 0 Å². The lowest BCUT2D eigenvalue weighted by atomic mass is 9.73. The Kier molecular flexibility index (Phi) is 5.11. The Morgan fingerprint density at radius 2 is 1.93 bits per heavy atom. The third-order valence-electron chi connectivity index (χ3n) is 6.20. The van der Waals surface area contributed by atoms with Gasteiger partial charge in [0.05, 0.1) is 23.9 Å². The molecule has 0 spiro atoms. The highest BCUT2D eigenvalue weighted by Crippen LogP contribution is 2.38. The topological polar surface area (TPSA) is 44.9 Å². The van der Waals surface area contributed by atoms with Gasteiger partial charge in [-0.15, -0.1) is 0 Å². The number of rotatable bonds is 5. The molecule has 0 aliphatic carbocycles. The SMILES string of the molecule is CCn1nc(C)c(-c2cncn2CC2(c3cccc(C)c3)CCOCC2)c1C. The lowest BCUT2D eigenvalue weighted by Gasteiger charge is -2.38. The number of aryl methyl sites for hydroxylation is 3. The summed E-state index contributed by atoms with van der Waals surface area (Å²) in [4.78, 5) is 4.52. The highest BCUT2D eigenvalue weighted by molar-refractivity contribution is 5.64. The van der Waals surface area contributed by atoms with E-state index in [0.29, 0.717) is 0 Å². The summed E-state index contributed by atoms with van der Waals surface area (Å²) in [6, 6.07) is 8.97. The largest absolute Gasteiger partial charge is 0.381 e. The lowest BCUT2D eigenvalue weighted by Crippen LogP contribution is -2.38. The van der Waals surface area contributed by atoms with E-state index >= 15 is 0 Å². The molecule has 28 heavy (non-hydrogen) atoms. The monoisotopic (exact) mass is 378 g/mol. The first-order chi connectivity index (χ1) is 13.5. The molecule has 1 saturated heterocycles. The minimum atomic E-state index is 0.0717. The van der Waals surface area contributed by atoms with Crippen LogP contribution in [0.4, 0.5) is 0 Å². The van der Waals surface area contributed by atoms with E-state index in [-0.39, 0.29) is 5.41 Å². The van der Waals surface area contributed by atoms with Crippen molar-refractivity contribution in [1.29, 1.82) is 0 Å². The number of nitrogens with zero attached hydrogens (tertiary/aromatic N) is 4. The van der Waals surface area contributed by atoms with Crippen LogP contribution in [-0.2, 0) is 23.2 Å². The molecular weight excluding hydrogens is 348 g/mol. The Balaban J connectivity index is 1.76. The smallest absolute Gasteiger partial charge is 0.0951 e. The van der Waals surface area contributed by atoms with Gasteiger partial charge in [-0.25, -0.2) is 4.98 Å². The van der Waals surface area contributed by atoms with Gasteiger partial charge in [0.15, 0.2) is 0 Å². The van der Waals surface area contributed by atoms with Crippen LogP contribution in [0, 0.1) is 20.8 Å². The quantitative estimate of drug-likeness (QED) is 0.659. The maximum absolute atomic E-state index is 5.73. The molecule has 1 fully saturated rings. The van der Waals surface area contributed by atoms with Gasteiger partial charge in [-0.3, -0.25) is 4.68 Å². The normalized spacial score (nSPS) is 16.4. The van der Waals surface area contributed by atoms with Crippen molar-refractivity contribution < 1.29 is 4.74 Å². The minimum absolute atomic E-state index is 0.0717. The average molecular weight is 379 g/mol. The van der Waals surface area contributed by atoms with E-state index in [1.54, 1.807) is 0 Å². The van der Waals surface area contributed by atoms with Gasteiger partial charge in [0, 0.05) is 43.0 Å². The second kappa shape index (κ2) is 7.55. The van der Waals surface area contributed by atoms with Crippen LogP contribution in [0.3, 0.4) is 0 Å². The maximum atomic E-state index is 5.73. The molecule has 5 heteroatoms. The van der Waals surface area contributed by atoms with Gasteiger partial charge in [-0.05, 0) is 46.1 Å². The summed E-state index contributed by atoms with van der Waals surface area (Å²) in [5.41, 5.74) is 7.44. The van der Waals surface area contributed by atoms with Gasteiger partial charge in [0.1, 0.15) is 0 Å². The Morgan fingerprint density at radius 1 is 1.14 bits per heavy atom. The predicted molar refractivity (Wildman–Crippen MR) is 112 cm³/mol. The Bertz CT molecular complexity index is 963. The molecule has 1 aliphatic rings. The van der Waals surface area contributed by atoms with Crippen LogP contribution in [0.5, 0.6) is 0 Å². The molecule has 0 bridgehead atoms. The van der Waals surface area contributed by atoms with Crippen molar-refractivity contribution in [2.45, 2.75) is 59.0 Å². The molecule has 5 nitrogen and oxygen atoms in total. The first-order valence-corrected chi connectivity index (χ1v) is 10.2. The van der Waals surface area contributed by atoms with Gasteiger partial charge in [-0.1, -0.05) is 29.8 Å². The standard InChI is InChI=1S/C23H30N4O/c1-5-27-19(4)22(18(3)25-27)21-14-24-16-26(21)15-23(9-11-28-12-10-23)20-8-6-7-17(2)13-20/h6-8,13-14,16H,5,9-12,15H2,1-4H3. The zero-order valence-electron chi connectivity index (χ0n) is 17.4. The van der Waals surface area contributed by atoms with Gasteiger partial charge >= 0.3 is 0 Å². The highest BCUT2D eigenvalue weighted by Gasteiger charge is 2.35. The first kappa shape index (κ1) is 18.9. The van der Waals surface area contributed by atoms with Crippen LogP contribution in [0.2, 0.25) is 0 Å². The number of ether oxygens (including phenoxy) is 1. The molecule has 2 aromatic heterocycles. The minimum Gasteiger partial charge on any atom is -0.381 e. The molecule has 0 unspecified atom stereocenters. The second-order valence-electron chi connectivity index (χ2n) is 8.03. The fourth-order valence-electron chi connectivity index (χ4n) is 4.63. The van der Waals surface area contributed by atoms with E-state index in [4.69, 9.17) is 9.84 Å². The van der Waals surface area contributed by atoms with Gasteiger partial charge in [0.25, 0.3) is 0 Å². The van der Waals surface area contributed by atoms with Crippen LogP contribution in [0.25, 0.3) is 11.3 Å². The summed E-state index contributed by atoms with van der Waals surface area (Å²) in [6.07, 6.45) is 6.02. The first-order valence-electron chi connectivity index (χ1n) is 10.2. The number of aromatic nitrogens is 4. The number of benzene rings is 1. The molecule has 0 amide bonds. The molecule has 3 heterocycles. The number of hydrogen-bond acceptors (Lipinski definition) is 3. The van der Waals surface area contributed by atoms with Gasteiger partial charge in [-0.2, -0.15) is 5.10 Å². The van der Waals surface area contributed by atoms with Crippen molar-refractivity contribution in [3.63, 3.8) is 0 Å². The molecular formula is C23H30N4O. The van der Waals surface area contributed by atoms with E-state index in [0.717, 1.165) is 50.5 Å². The fraction of sp³-hybridized carbons (Fsp3) is 0.478. The van der Waals surface area contributed by atoms with E-state index in [2.05, 4.69) is 66.2 Å². The second-order valence-corrected chi connectivity index (χ2v) is 8.03. The summed E-state index contributed by atoms with van der Waals surface area (Å²) in [5.74, 6) is 0. The van der Waals surface area contributed by atoms with E-state index in [1.807, 2.05) is 12.5 Å². The molecule has 0 atom stereocenters. The third-order valence-corrected chi connectivity index (χ3v) is 6.20. The Morgan fingerprint density at radius 3 is 2.61 bits per heavy atom. The van der Waals surface area contributed by atoms with Crippen molar-refractivity contribution in [3.05, 3.63) is 59.3 Å². The van der Waals surface area contributed by atoms with Crippen LogP contribution in [0.1, 0.15) is 42.3 Å². The van der Waals surface area contributed by atoms with E-state index < -0.39 is 0 Å². The summed E-state index contributed by atoms with van der Waals surface area (Å²) in [6.45, 7) is 12.0. The zero-order chi connectivity index (χ0) is 19.7. The molecule has 0 N–H and O–H groups in total.